The molecule has 0 aliphatic carbocycles. The molecule has 0 unspecified atom stereocenters. The van der Waals surface area contributed by atoms with Gasteiger partial charge in [0, 0.05) is 18.5 Å². The van der Waals surface area contributed by atoms with E-state index in [2.05, 4.69) is 17.2 Å². The second-order valence-corrected chi connectivity index (χ2v) is 5.50. The summed E-state index contributed by atoms with van der Waals surface area (Å²) in [5, 5.41) is 4.48. The van der Waals surface area contributed by atoms with E-state index in [9.17, 15) is 9.59 Å². The molecule has 0 aliphatic heterocycles. The number of likely N-dealkylation sites (N-methyl/N-ethyl adjacent to an activating group) is 1. The van der Waals surface area contributed by atoms with Crippen LogP contribution in [0.2, 0.25) is 0 Å². The fraction of sp³-hybridized carbons (Fsp3) is 0.429. The number of hydrogen-bond acceptors (Lipinski definition) is 4. The highest BCUT2D eigenvalue weighted by molar-refractivity contribution is 7.10. The first-order valence-corrected chi connectivity index (χ1v) is 7.14. The molecule has 0 saturated heterocycles. The predicted octanol–water partition coefficient (Wildman–Crippen LogP) is 0.655. The Bertz CT molecular complexity index is 540. The van der Waals surface area contributed by atoms with Gasteiger partial charge in [0.2, 0.25) is 5.91 Å². The van der Waals surface area contributed by atoms with E-state index < -0.39 is 0 Å². The Kier molecular flexibility index (Phi) is 6.22. The first kappa shape index (κ1) is 16.2. The molecule has 0 bridgehead atoms. The molecular weight excluding hydrogens is 274 g/mol. The molecule has 0 radical (unpaired) electrons. The summed E-state index contributed by atoms with van der Waals surface area (Å²) in [5.74, 6) is 5.25. The van der Waals surface area contributed by atoms with Gasteiger partial charge in [0.15, 0.2) is 0 Å². The van der Waals surface area contributed by atoms with Crippen molar-refractivity contribution in [3.05, 3.63) is 21.9 Å². The molecule has 0 saturated carbocycles. The Morgan fingerprint density at radius 2 is 2.20 bits per heavy atom. The number of nitrogens with two attached hydrogens (primary N) is 1. The van der Waals surface area contributed by atoms with E-state index in [1.54, 1.807) is 18.5 Å². The lowest BCUT2D eigenvalue weighted by atomic mass is 10.2. The highest BCUT2D eigenvalue weighted by Gasteiger charge is 2.16. The monoisotopic (exact) mass is 293 g/mol. The van der Waals surface area contributed by atoms with Crippen molar-refractivity contribution in [3.8, 4) is 11.8 Å². The Labute approximate surface area is 123 Å². The van der Waals surface area contributed by atoms with Gasteiger partial charge in [0.25, 0.3) is 5.91 Å². The van der Waals surface area contributed by atoms with Crippen molar-refractivity contribution < 1.29 is 9.59 Å². The van der Waals surface area contributed by atoms with Gasteiger partial charge >= 0.3 is 0 Å². The van der Waals surface area contributed by atoms with Crippen molar-refractivity contribution in [1.29, 1.82) is 0 Å². The van der Waals surface area contributed by atoms with Gasteiger partial charge in [-0.15, -0.1) is 11.3 Å². The number of carbonyl (C=O) groups excluding carboxylic acids is 2. The first-order chi connectivity index (χ1) is 9.43. The summed E-state index contributed by atoms with van der Waals surface area (Å²) in [6, 6.07) is 1.78. The maximum absolute atomic E-state index is 12.1. The summed E-state index contributed by atoms with van der Waals surface area (Å²) in [5.41, 5.74) is 5.84. The van der Waals surface area contributed by atoms with Crippen LogP contribution in [0.5, 0.6) is 0 Å². The van der Waals surface area contributed by atoms with E-state index in [4.69, 9.17) is 5.73 Å². The zero-order chi connectivity index (χ0) is 15.1. The third kappa shape index (κ3) is 5.03. The van der Waals surface area contributed by atoms with Crippen LogP contribution in [0.25, 0.3) is 0 Å². The van der Waals surface area contributed by atoms with Crippen LogP contribution in [-0.4, -0.2) is 42.9 Å². The topological polar surface area (TPSA) is 75.4 Å². The summed E-state index contributed by atoms with van der Waals surface area (Å²) < 4.78 is 0. The van der Waals surface area contributed by atoms with Crippen molar-refractivity contribution in [2.45, 2.75) is 19.9 Å². The lowest BCUT2D eigenvalue weighted by Crippen LogP contribution is -2.40. The zero-order valence-corrected chi connectivity index (χ0v) is 12.7. The van der Waals surface area contributed by atoms with Gasteiger partial charge < -0.3 is 16.0 Å². The molecule has 0 fully saturated rings. The maximum atomic E-state index is 12.1. The Balaban J connectivity index is 2.65. The molecular formula is C14H19N3O2S. The van der Waals surface area contributed by atoms with Gasteiger partial charge in [0.1, 0.15) is 0 Å². The Morgan fingerprint density at radius 3 is 2.80 bits per heavy atom. The standard InChI is InChI=1S/C14H19N3O2S/c1-10(2)16-13(18)8-17(3)14(19)11-7-12(20-9-11)5-4-6-15/h7,9-10H,6,8,15H2,1-3H3,(H,16,18). The molecule has 20 heavy (non-hydrogen) atoms. The third-order valence-corrected chi connectivity index (χ3v) is 3.18. The molecule has 1 aromatic heterocycles. The van der Waals surface area contributed by atoms with E-state index in [0.717, 1.165) is 4.88 Å². The Hall–Kier alpha value is -1.84. The molecule has 2 amide bonds. The normalized spacial score (nSPS) is 9.85. The van der Waals surface area contributed by atoms with Gasteiger partial charge in [-0.25, -0.2) is 0 Å². The van der Waals surface area contributed by atoms with Gasteiger partial charge in [0.05, 0.1) is 23.5 Å². The number of thiophene rings is 1. The lowest BCUT2D eigenvalue weighted by Gasteiger charge is -2.17. The molecule has 0 aromatic carbocycles. The second kappa shape index (κ2) is 7.68. The van der Waals surface area contributed by atoms with Crippen molar-refractivity contribution in [1.82, 2.24) is 10.2 Å². The van der Waals surface area contributed by atoms with Crippen LogP contribution in [0.4, 0.5) is 0 Å². The largest absolute Gasteiger partial charge is 0.352 e. The van der Waals surface area contributed by atoms with E-state index in [-0.39, 0.29) is 30.9 Å². The van der Waals surface area contributed by atoms with E-state index in [1.165, 1.54) is 16.2 Å². The van der Waals surface area contributed by atoms with Crippen molar-refractivity contribution >= 4 is 23.2 Å². The average molecular weight is 293 g/mol. The van der Waals surface area contributed by atoms with Crippen molar-refractivity contribution in [2.75, 3.05) is 20.1 Å². The van der Waals surface area contributed by atoms with Crippen LogP contribution < -0.4 is 11.1 Å². The number of rotatable bonds is 4. The van der Waals surface area contributed by atoms with E-state index >= 15 is 0 Å². The summed E-state index contributed by atoms with van der Waals surface area (Å²) in [6.45, 7) is 4.08. The van der Waals surface area contributed by atoms with E-state index in [1.807, 2.05) is 13.8 Å². The number of nitrogens with one attached hydrogen (secondary N) is 1. The van der Waals surface area contributed by atoms with Crippen molar-refractivity contribution in [2.24, 2.45) is 5.73 Å². The molecule has 1 aromatic rings. The van der Waals surface area contributed by atoms with Gasteiger partial charge in [-0.3, -0.25) is 9.59 Å². The van der Waals surface area contributed by atoms with Crippen LogP contribution in [-0.2, 0) is 4.79 Å². The number of nitrogens with zero attached hydrogens (tertiary/aromatic N) is 1. The molecule has 0 aliphatic rings. The fourth-order valence-corrected chi connectivity index (χ4v) is 2.28. The Morgan fingerprint density at radius 1 is 1.50 bits per heavy atom. The van der Waals surface area contributed by atoms with Gasteiger partial charge in [-0.05, 0) is 19.9 Å². The van der Waals surface area contributed by atoms with Gasteiger partial charge in [-0.1, -0.05) is 11.8 Å². The van der Waals surface area contributed by atoms with Crippen LogP contribution in [0, 0.1) is 11.8 Å². The lowest BCUT2D eigenvalue weighted by molar-refractivity contribution is -0.122. The zero-order valence-electron chi connectivity index (χ0n) is 11.9. The summed E-state index contributed by atoms with van der Waals surface area (Å²) in [6.07, 6.45) is 0. The minimum absolute atomic E-state index is 0.0384. The predicted molar refractivity (Wildman–Crippen MR) is 80.5 cm³/mol. The fourth-order valence-electron chi connectivity index (χ4n) is 1.53. The average Bonchev–Trinajstić information content (AvgIpc) is 2.82. The molecule has 1 heterocycles. The SMILES string of the molecule is CC(C)NC(=O)CN(C)C(=O)c1csc(C#CCN)c1. The molecule has 0 atom stereocenters. The number of carbonyl (C=O) groups is 2. The summed E-state index contributed by atoms with van der Waals surface area (Å²) >= 11 is 1.39. The third-order valence-electron chi connectivity index (χ3n) is 2.34. The second-order valence-electron chi connectivity index (χ2n) is 4.59. The molecule has 1 rings (SSSR count). The van der Waals surface area contributed by atoms with Crippen LogP contribution >= 0.6 is 11.3 Å². The summed E-state index contributed by atoms with van der Waals surface area (Å²) in [4.78, 5) is 25.9. The van der Waals surface area contributed by atoms with Crippen LogP contribution in [0.1, 0.15) is 29.1 Å². The van der Waals surface area contributed by atoms with Crippen LogP contribution in [0.15, 0.2) is 11.4 Å². The molecule has 0 spiro atoms. The van der Waals surface area contributed by atoms with Crippen molar-refractivity contribution in [3.63, 3.8) is 0 Å². The molecule has 108 valence electrons. The number of hydrogen-bond donors (Lipinski definition) is 2. The molecule has 5 nitrogen and oxygen atoms in total. The summed E-state index contributed by atoms with van der Waals surface area (Å²) in [7, 11) is 1.60. The minimum atomic E-state index is -0.194. The van der Waals surface area contributed by atoms with Gasteiger partial charge in [-0.2, -0.15) is 0 Å². The van der Waals surface area contributed by atoms with Crippen LogP contribution in [0.3, 0.4) is 0 Å². The molecule has 6 heteroatoms. The highest BCUT2D eigenvalue weighted by atomic mass is 32.1. The smallest absolute Gasteiger partial charge is 0.254 e. The van der Waals surface area contributed by atoms with E-state index in [0.29, 0.717) is 5.56 Å². The number of amides is 2. The highest BCUT2D eigenvalue weighted by Crippen LogP contribution is 2.15. The first-order valence-electron chi connectivity index (χ1n) is 6.26. The quantitative estimate of drug-likeness (QED) is 0.801. The molecule has 3 N–H and O–H groups in total. The maximum Gasteiger partial charge on any atom is 0.254 e. The minimum Gasteiger partial charge on any atom is -0.352 e.